The minimum absolute atomic E-state index is 0.168. The van der Waals surface area contributed by atoms with Gasteiger partial charge in [-0.15, -0.1) is 6.58 Å². The van der Waals surface area contributed by atoms with Gasteiger partial charge in [0.2, 0.25) is 0 Å². The van der Waals surface area contributed by atoms with Crippen molar-refractivity contribution in [2.45, 2.75) is 32.2 Å². The maximum atomic E-state index is 10.8. The van der Waals surface area contributed by atoms with E-state index in [4.69, 9.17) is 5.11 Å². The fraction of sp³-hybridized carbons (Fsp3) is 0.727. The molecule has 0 radical (unpaired) electrons. The molecule has 1 aliphatic rings. The van der Waals surface area contributed by atoms with Gasteiger partial charge in [-0.2, -0.15) is 0 Å². The van der Waals surface area contributed by atoms with Gasteiger partial charge in [0.25, 0.3) is 0 Å². The molecule has 80 valence electrons. The van der Waals surface area contributed by atoms with E-state index in [1.165, 1.54) is 0 Å². The molecule has 2 atom stereocenters. The SMILES string of the molecule is C=CCCCN1CCC(C(=O)O)C1C. The van der Waals surface area contributed by atoms with Crippen LogP contribution < -0.4 is 0 Å². The van der Waals surface area contributed by atoms with Gasteiger partial charge in [-0.25, -0.2) is 0 Å². The largest absolute Gasteiger partial charge is 0.481 e. The Bertz CT molecular complexity index is 215. The molecule has 14 heavy (non-hydrogen) atoms. The number of allylic oxidation sites excluding steroid dienone is 1. The summed E-state index contributed by atoms with van der Waals surface area (Å²) in [5.41, 5.74) is 0. The average molecular weight is 197 g/mol. The second-order valence-corrected chi connectivity index (χ2v) is 3.94. The molecule has 1 saturated heterocycles. The fourth-order valence-corrected chi connectivity index (χ4v) is 2.09. The van der Waals surface area contributed by atoms with Crippen LogP contribution in [0.25, 0.3) is 0 Å². The summed E-state index contributed by atoms with van der Waals surface area (Å²) >= 11 is 0. The zero-order valence-electron chi connectivity index (χ0n) is 8.78. The fourth-order valence-electron chi connectivity index (χ4n) is 2.09. The van der Waals surface area contributed by atoms with Crippen molar-refractivity contribution in [2.75, 3.05) is 13.1 Å². The van der Waals surface area contributed by atoms with Crippen LogP contribution in [0.2, 0.25) is 0 Å². The second kappa shape index (κ2) is 5.15. The summed E-state index contributed by atoms with van der Waals surface area (Å²) < 4.78 is 0. The second-order valence-electron chi connectivity index (χ2n) is 3.94. The van der Waals surface area contributed by atoms with Gasteiger partial charge in [-0.1, -0.05) is 6.08 Å². The van der Waals surface area contributed by atoms with Crippen LogP contribution in [0.15, 0.2) is 12.7 Å². The molecule has 0 aromatic rings. The molecule has 1 rings (SSSR count). The average Bonchev–Trinajstić information content (AvgIpc) is 2.48. The Kier molecular flexibility index (Phi) is 4.14. The third-order valence-corrected chi connectivity index (χ3v) is 3.06. The maximum Gasteiger partial charge on any atom is 0.308 e. The Morgan fingerprint density at radius 1 is 1.71 bits per heavy atom. The van der Waals surface area contributed by atoms with Gasteiger partial charge in [0.15, 0.2) is 0 Å². The van der Waals surface area contributed by atoms with E-state index < -0.39 is 5.97 Å². The van der Waals surface area contributed by atoms with E-state index in [2.05, 4.69) is 11.5 Å². The topological polar surface area (TPSA) is 40.5 Å². The number of rotatable bonds is 5. The number of aliphatic carboxylic acids is 1. The first-order valence-corrected chi connectivity index (χ1v) is 5.24. The highest BCUT2D eigenvalue weighted by atomic mass is 16.4. The van der Waals surface area contributed by atoms with E-state index in [1.807, 2.05) is 13.0 Å². The molecule has 3 heteroatoms. The van der Waals surface area contributed by atoms with Crippen LogP contribution in [-0.4, -0.2) is 35.1 Å². The van der Waals surface area contributed by atoms with Crippen molar-refractivity contribution in [3.63, 3.8) is 0 Å². The predicted octanol–water partition coefficient (Wildman–Crippen LogP) is 1.75. The Hall–Kier alpha value is -0.830. The maximum absolute atomic E-state index is 10.8. The normalized spacial score (nSPS) is 27.8. The van der Waals surface area contributed by atoms with Gasteiger partial charge in [0.05, 0.1) is 5.92 Å². The summed E-state index contributed by atoms with van der Waals surface area (Å²) in [5.74, 6) is -0.817. The van der Waals surface area contributed by atoms with Crippen LogP contribution in [0.1, 0.15) is 26.2 Å². The van der Waals surface area contributed by atoms with Crippen molar-refractivity contribution in [2.24, 2.45) is 5.92 Å². The lowest BCUT2D eigenvalue weighted by Gasteiger charge is -2.22. The third-order valence-electron chi connectivity index (χ3n) is 3.06. The predicted molar refractivity (Wildman–Crippen MR) is 56.2 cm³/mol. The number of carbonyl (C=O) groups is 1. The zero-order valence-corrected chi connectivity index (χ0v) is 8.78. The van der Waals surface area contributed by atoms with Gasteiger partial charge >= 0.3 is 5.97 Å². The van der Waals surface area contributed by atoms with Gasteiger partial charge in [0, 0.05) is 6.04 Å². The van der Waals surface area contributed by atoms with E-state index in [0.29, 0.717) is 0 Å². The minimum atomic E-state index is -0.649. The molecule has 0 aromatic heterocycles. The summed E-state index contributed by atoms with van der Waals surface area (Å²) in [4.78, 5) is 13.1. The molecular formula is C11H19NO2. The van der Waals surface area contributed by atoms with Gasteiger partial charge in [-0.3, -0.25) is 9.69 Å². The van der Waals surface area contributed by atoms with Crippen molar-refractivity contribution < 1.29 is 9.90 Å². The molecule has 2 unspecified atom stereocenters. The summed E-state index contributed by atoms with van der Waals surface area (Å²) in [6.45, 7) is 7.61. The molecular weight excluding hydrogens is 178 g/mol. The van der Waals surface area contributed by atoms with Crippen molar-refractivity contribution in [3.8, 4) is 0 Å². The quantitative estimate of drug-likeness (QED) is 0.539. The highest BCUT2D eigenvalue weighted by Crippen LogP contribution is 2.24. The van der Waals surface area contributed by atoms with Crippen LogP contribution in [-0.2, 0) is 4.79 Å². The van der Waals surface area contributed by atoms with E-state index in [0.717, 1.165) is 32.4 Å². The minimum Gasteiger partial charge on any atom is -0.481 e. The van der Waals surface area contributed by atoms with Crippen molar-refractivity contribution >= 4 is 5.97 Å². The van der Waals surface area contributed by atoms with Gasteiger partial charge in [0.1, 0.15) is 0 Å². The number of hydrogen-bond donors (Lipinski definition) is 1. The smallest absolute Gasteiger partial charge is 0.308 e. The molecule has 1 heterocycles. The zero-order chi connectivity index (χ0) is 10.6. The van der Waals surface area contributed by atoms with Crippen molar-refractivity contribution in [1.29, 1.82) is 0 Å². The van der Waals surface area contributed by atoms with E-state index in [9.17, 15) is 4.79 Å². The number of hydrogen-bond acceptors (Lipinski definition) is 2. The standard InChI is InChI=1S/C11H19NO2/c1-3-4-5-7-12-8-6-10(9(12)2)11(13)14/h3,9-10H,1,4-8H2,2H3,(H,13,14). The molecule has 0 aliphatic carbocycles. The first-order chi connectivity index (χ1) is 6.66. The van der Waals surface area contributed by atoms with Gasteiger partial charge < -0.3 is 5.11 Å². The molecule has 0 bridgehead atoms. The number of likely N-dealkylation sites (tertiary alicyclic amines) is 1. The molecule has 0 amide bonds. The lowest BCUT2D eigenvalue weighted by Crippen LogP contribution is -2.33. The summed E-state index contributed by atoms with van der Waals surface area (Å²) in [6, 6.07) is 0.192. The first kappa shape index (κ1) is 11.2. The van der Waals surface area contributed by atoms with Gasteiger partial charge in [-0.05, 0) is 39.3 Å². The highest BCUT2D eigenvalue weighted by Gasteiger charge is 2.34. The van der Waals surface area contributed by atoms with Crippen molar-refractivity contribution in [3.05, 3.63) is 12.7 Å². The third kappa shape index (κ3) is 2.58. The molecule has 1 aliphatic heterocycles. The Morgan fingerprint density at radius 2 is 2.43 bits per heavy atom. The molecule has 0 spiro atoms. The van der Waals surface area contributed by atoms with Crippen LogP contribution >= 0.6 is 0 Å². The number of carboxylic acid groups (broad SMARTS) is 1. The number of carboxylic acids is 1. The molecule has 1 N–H and O–H groups in total. The summed E-state index contributed by atoms with van der Waals surface area (Å²) in [7, 11) is 0. The molecule has 3 nitrogen and oxygen atoms in total. The lowest BCUT2D eigenvalue weighted by molar-refractivity contribution is -0.142. The lowest BCUT2D eigenvalue weighted by atomic mass is 10.0. The van der Waals surface area contributed by atoms with Crippen LogP contribution in [0.4, 0.5) is 0 Å². The Morgan fingerprint density at radius 3 is 2.93 bits per heavy atom. The van der Waals surface area contributed by atoms with E-state index in [-0.39, 0.29) is 12.0 Å². The van der Waals surface area contributed by atoms with Crippen LogP contribution in [0, 0.1) is 5.92 Å². The summed E-state index contributed by atoms with van der Waals surface area (Å²) in [5, 5.41) is 8.93. The summed E-state index contributed by atoms with van der Waals surface area (Å²) in [6.07, 6.45) is 4.81. The Balaban J connectivity index is 2.35. The highest BCUT2D eigenvalue weighted by molar-refractivity contribution is 5.71. The monoisotopic (exact) mass is 197 g/mol. The van der Waals surface area contributed by atoms with Crippen LogP contribution in [0.3, 0.4) is 0 Å². The van der Waals surface area contributed by atoms with Crippen molar-refractivity contribution in [1.82, 2.24) is 4.90 Å². The number of nitrogens with zero attached hydrogens (tertiary/aromatic N) is 1. The molecule has 0 aromatic carbocycles. The number of unbranched alkanes of at least 4 members (excludes halogenated alkanes) is 1. The first-order valence-electron chi connectivity index (χ1n) is 5.24. The Labute approximate surface area is 85.4 Å². The van der Waals surface area contributed by atoms with Crippen LogP contribution in [0.5, 0.6) is 0 Å². The van der Waals surface area contributed by atoms with E-state index >= 15 is 0 Å². The molecule has 0 saturated carbocycles. The van der Waals surface area contributed by atoms with E-state index in [1.54, 1.807) is 0 Å². The molecule has 1 fully saturated rings.